The number of aromatic amines is 1. The molecule has 124 valence electrons. The molecular formula is C19H27N3O. The third-order valence-corrected chi connectivity index (χ3v) is 4.84. The summed E-state index contributed by atoms with van der Waals surface area (Å²) in [4.78, 5) is 2.45. The number of likely N-dealkylation sites (N-methyl/N-ethyl adjacent to an activating group) is 1. The zero-order valence-corrected chi connectivity index (χ0v) is 14.4. The molecule has 0 radical (unpaired) electrons. The fourth-order valence-corrected chi connectivity index (χ4v) is 3.20. The summed E-state index contributed by atoms with van der Waals surface area (Å²) in [6.45, 7) is 10.4. The predicted molar refractivity (Wildman–Crippen MR) is 93.4 cm³/mol. The van der Waals surface area contributed by atoms with Crippen LogP contribution in [0.15, 0.2) is 24.4 Å². The first kappa shape index (κ1) is 16.2. The van der Waals surface area contributed by atoms with Gasteiger partial charge >= 0.3 is 0 Å². The minimum Gasteiger partial charge on any atom is -0.377 e. The predicted octanol–water partition coefficient (Wildman–Crippen LogP) is 3.69. The normalized spacial score (nSPS) is 18.0. The quantitative estimate of drug-likeness (QED) is 0.884. The Morgan fingerprint density at radius 3 is 2.87 bits per heavy atom. The molecule has 2 aromatic rings. The molecule has 3 rings (SSSR count). The Bertz CT molecular complexity index is 644. The van der Waals surface area contributed by atoms with E-state index < -0.39 is 0 Å². The average molecular weight is 313 g/mol. The summed E-state index contributed by atoms with van der Waals surface area (Å²) in [5.41, 5.74) is 6.25. The van der Waals surface area contributed by atoms with Gasteiger partial charge in [0.2, 0.25) is 0 Å². The lowest BCUT2D eigenvalue weighted by atomic mass is 10.0. The Hall–Kier alpha value is -1.65. The molecule has 4 heteroatoms. The van der Waals surface area contributed by atoms with E-state index in [1.165, 1.54) is 35.1 Å². The lowest BCUT2D eigenvalue weighted by molar-refractivity contribution is 0.0725. The van der Waals surface area contributed by atoms with E-state index >= 15 is 0 Å². The fourth-order valence-electron chi connectivity index (χ4n) is 3.20. The molecule has 1 aromatic heterocycles. The van der Waals surface area contributed by atoms with Crippen molar-refractivity contribution in [1.29, 1.82) is 0 Å². The van der Waals surface area contributed by atoms with Crippen LogP contribution in [0.1, 0.15) is 36.5 Å². The number of rotatable bonds is 6. The van der Waals surface area contributed by atoms with E-state index in [0.29, 0.717) is 6.10 Å². The molecule has 0 aliphatic carbocycles. The van der Waals surface area contributed by atoms with Crippen molar-refractivity contribution in [2.75, 3.05) is 19.7 Å². The highest BCUT2D eigenvalue weighted by atomic mass is 16.5. The number of nitrogens with one attached hydrogen (secondary N) is 1. The molecule has 1 aliphatic rings. The Morgan fingerprint density at radius 2 is 2.17 bits per heavy atom. The average Bonchev–Trinajstić information content (AvgIpc) is 3.21. The van der Waals surface area contributed by atoms with Gasteiger partial charge in [0.15, 0.2) is 0 Å². The second kappa shape index (κ2) is 7.28. The van der Waals surface area contributed by atoms with Gasteiger partial charge in [0.25, 0.3) is 0 Å². The molecule has 0 unspecified atom stereocenters. The summed E-state index contributed by atoms with van der Waals surface area (Å²) >= 11 is 0. The molecule has 2 heterocycles. The summed E-state index contributed by atoms with van der Waals surface area (Å²) in [6, 6.07) is 6.59. The second-order valence-electron chi connectivity index (χ2n) is 6.53. The van der Waals surface area contributed by atoms with Crippen LogP contribution in [0.3, 0.4) is 0 Å². The van der Waals surface area contributed by atoms with E-state index in [2.05, 4.69) is 54.1 Å². The van der Waals surface area contributed by atoms with Crippen molar-refractivity contribution in [3.63, 3.8) is 0 Å². The summed E-state index contributed by atoms with van der Waals surface area (Å²) in [5.74, 6) is 0. The third-order valence-electron chi connectivity index (χ3n) is 4.84. The zero-order chi connectivity index (χ0) is 16.2. The van der Waals surface area contributed by atoms with Crippen molar-refractivity contribution in [3.05, 3.63) is 41.1 Å². The number of aromatic nitrogens is 2. The van der Waals surface area contributed by atoms with E-state index in [0.717, 1.165) is 31.9 Å². The van der Waals surface area contributed by atoms with Crippen molar-refractivity contribution < 1.29 is 4.74 Å². The summed E-state index contributed by atoms with van der Waals surface area (Å²) in [7, 11) is 0. The SMILES string of the molecule is CCN(Cc1cn[nH]c1-c1ccc(C)c(C)c1)C[C@@H]1CCCO1. The molecule has 1 atom stereocenters. The van der Waals surface area contributed by atoms with Crippen LogP contribution in [0.2, 0.25) is 0 Å². The number of aryl methyl sites for hydroxylation is 2. The van der Waals surface area contributed by atoms with Crippen molar-refractivity contribution >= 4 is 0 Å². The highest BCUT2D eigenvalue weighted by Crippen LogP contribution is 2.25. The lowest BCUT2D eigenvalue weighted by Gasteiger charge is -2.23. The van der Waals surface area contributed by atoms with E-state index in [1.807, 2.05) is 6.20 Å². The molecule has 0 saturated carbocycles. The monoisotopic (exact) mass is 313 g/mol. The maximum Gasteiger partial charge on any atom is 0.0702 e. The Labute approximate surface area is 138 Å². The molecule has 1 aromatic carbocycles. The van der Waals surface area contributed by atoms with Crippen LogP contribution in [0.25, 0.3) is 11.3 Å². The molecule has 0 amide bonds. The Balaban J connectivity index is 1.75. The summed E-state index contributed by atoms with van der Waals surface area (Å²) in [5, 5.41) is 7.47. The van der Waals surface area contributed by atoms with E-state index in [9.17, 15) is 0 Å². The fraction of sp³-hybridized carbons (Fsp3) is 0.526. The van der Waals surface area contributed by atoms with Gasteiger partial charge < -0.3 is 4.74 Å². The minimum atomic E-state index is 0.395. The summed E-state index contributed by atoms with van der Waals surface area (Å²) < 4.78 is 5.78. The third kappa shape index (κ3) is 3.82. The van der Waals surface area contributed by atoms with Crippen LogP contribution in [0.5, 0.6) is 0 Å². The number of H-pyrrole nitrogens is 1. The van der Waals surface area contributed by atoms with Gasteiger partial charge in [-0.05, 0) is 50.4 Å². The lowest BCUT2D eigenvalue weighted by Crippen LogP contribution is -2.31. The van der Waals surface area contributed by atoms with Gasteiger partial charge in [-0.15, -0.1) is 0 Å². The molecule has 0 bridgehead atoms. The topological polar surface area (TPSA) is 41.2 Å². The van der Waals surface area contributed by atoms with Crippen molar-refractivity contribution in [1.82, 2.24) is 15.1 Å². The van der Waals surface area contributed by atoms with Gasteiger partial charge in [-0.25, -0.2) is 0 Å². The molecule has 4 nitrogen and oxygen atoms in total. The van der Waals surface area contributed by atoms with Crippen LogP contribution in [-0.4, -0.2) is 40.9 Å². The molecule has 1 fully saturated rings. The van der Waals surface area contributed by atoms with Gasteiger partial charge in [0.05, 0.1) is 18.0 Å². The Morgan fingerprint density at radius 1 is 1.30 bits per heavy atom. The largest absolute Gasteiger partial charge is 0.377 e. The molecule has 1 aliphatic heterocycles. The standard InChI is InChI=1S/C19H27N3O/c1-4-22(13-18-6-5-9-23-18)12-17-11-20-21-19(17)16-8-7-14(2)15(3)10-16/h7-8,10-11,18H,4-6,9,12-13H2,1-3H3,(H,20,21)/t18-/m0/s1. The van der Waals surface area contributed by atoms with E-state index in [1.54, 1.807) is 0 Å². The molecule has 0 spiro atoms. The molecule has 23 heavy (non-hydrogen) atoms. The second-order valence-corrected chi connectivity index (χ2v) is 6.53. The highest BCUT2D eigenvalue weighted by Gasteiger charge is 2.20. The van der Waals surface area contributed by atoms with Crippen LogP contribution >= 0.6 is 0 Å². The van der Waals surface area contributed by atoms with Crippen molar-refractivity contribution in [2.45, 2.75) is 46.3 Å². The zero-order valence-electron chi connectivity index (χ0n) is 14.4. The van der Waals surface area contributed by atoms with Crippen molar-refractivity contribution in [2.24, 2.45) is 0 Å². The van der Waals surface area contributed by atoms with Gasteiger partial charge in [-0.3, -0.25) is 10.00 Å². The number of nitrogens with zero attached hydrogens (tertiary/aromatic N) is 2. The smallest absolute Gasteiger partial charge is 0.0702 e. The summed E-state index contributed by atoms with van der Waals surface area (Å²) in [6.07, 6.45) is 4.74. The molecular weight excluding hydrogens is 286 g/mol. The number of hydrogen-bond acceptors (Lipinski definition) is 3. The Kier molecular flexibility index (Phi) is 5.13. The van der Waals surface area contributed by atoms with Gasteiger partial charge in [-0.1, -0.05) is 19.1 Å². The minimum absolute atomic E-state index is 0.395. The highest BCUT2D eigenvalue weighted by molar-refractivity contribution is 5.64. The van der Waals surface area contributed by atoms with E-state index in [-0.39, 0.29) is 0 Å². The first-order valence-electron chi connectivity index (χ1n) is 8.61. The van der Waals surface area contributed by atoms with Crippen LogP contribution in [0.4, 0.5) is 0 Å². The van der Waals surface area contributed by atoms with E-state index in [4.69, 9.17) is 4.74 Å². The van der Waals surface area contributed by atoms with Gasteiger partial charge in [0, 0.05) is 30.8 Å². The maximum atomic E-state index is 5.78. The maximum absolute atomic E-state index is 5.78. The first-order valence-corrected chi connectivity index (χ1v) is 8.61. The number of benzene rings is 1. The number of ether oxygens (including phenoxy) is 1. The van der Waals surface area contributed by atoms with Gasteiger partial charge in [0.1, 0.15) is 0 Å². The van der Waals surface area contributed by atoms with Crippen LogP contribution in [-0.2, 0) is 11.3 Å². The molecule has 1 saturated heterocycles. The van der Waals surface area contributed by atoms with Crippen LogP contribution < -0.4 is 0 Å². The van der Waals surface area contributed by atoms with Gasteiger partial charge in [-0.2, -0.15) is 5.10 Å². The van der Waals surface area contributed by atoms with Crippen LogP contribution in [0, 0.1) is 13.8 Å². The first-order chi connectivity index (χ1) is 11.2. The molecule has 1 N–H and O–H groups in total. The van der Waals surface area contributed by atoms with Crippen molar-refractivity contribution in [3.8, 4) is 11.3 Å². The number of hydrogen-bond donors (Lipinski definition) is 1.